The number of carbonyl (C=O) groups is 1. The number of hydrogen-bond acceptors (Lipinski definition) is 5. The molecule has 2 heterocycles. The van der Waals surface area contributed by atoms with Gasteiger partial charge in [-0.2, -0.15) is 0 Å². The molecule has 1 aromatic rings. The lowest BCUT2D eigenvalue weighted by molar-refractivity contribution is -0.130. The molecule has 1 aromatic heterocycles. The van der Waals surface area contributed by atoms with Crippen molar-refractivity contribution in [2.75, 3.05) is 13.1 Å². The van der Waals surface area contributed by atoms with Gasteiger partial charge in [-0.25, -0.2) is 4.98 Å². The first-order chi connectivity index (χ1) is 9.38. The maximum absolute atomic E-state index is 12.0. The monoisotopic (exact) mass is 281 g/mol. The Balaban J connectivity index is 1.99. The van der Waals surface area contributed by atoms with Crippen molar-refractivity contribution in [1.82, 2.24) is 14.9 Å². The summed E-state index contributed by atoms with van der Waals surface area (Å²) in [4.78, 5) is 32.0. The minimum Gasteiger partial charge on any atom is -0.388 e. The predicted molar refractivity (Wildman–Crippen MR) is 71.2 cm³/mol. The van der Waals surface area contributed by atoms with E-state index in [0.717, 1.165) is 0 Å². The Morgan fingerprint density at radius 1 is 1.35 bits per heavy atom. The van der Waals surface area contributed by atoms with E-state index in [1.54, 1.807) is 13.8 Å². The van der Waals surface area contributed by atoms with E-state index in [-0.39, 0.29) is 31.0 Å². The molecule has 1 aliphatic heterocycles. The molecule has 0 bridgehead atoms. The summed E-state index contributed by atoms with van der Waals surface area (Å²) in [5.74, 6) is 0.369. The van der Waals surface area contributed by atoms with Crippen LogP contribution in [0.3, 0.4) is 0 Å². The second kappa shape index (κ2) is 5.72. The minimum absolute atomic E-state index is 0.140. The first-order valence-electron chi connectivity index (χ1n) is 6.58. The number of aliphatic hydroxyl groups is 2. The molecule has 0 unspecified atom stereocenters. The van der Waals surface area contributed by atoms with E-state index in [1.165, 1.54) is 4.90 Å². The maximum atomic E-state index is 12.0. The summed E-state index contributed by atoms with van der Waals surface area (Å²) < 4.78 is 0. The Labute approximate surface area is 116 Å². The fourth-order valence-corrected chi connectivity index (χ4v) is 2.41. The van der Waals surface area contributed by atoms with Gasteiger partial charge < -0.3 is 20.1 Å². The zero-order valence-electron chi connectivity index (χ0n) is 11.6. The fraction of sp³-hybridized carbons (Fsp3) is 0.615. The first-order valence-corrected chi connectivity index (χ1v) is 6.58. The lowest BCUT2D eigenvalue weighted by atomic mass is 10.1. The lowest BCUT2D eigenvalue weighted by Crippen LogP contribution is -2.30. The van der Waals surface area contributed by atoms with Crippen LogP contribution >= 0.6 is 0 Å². The van der Waals surface area contributed by atoms with E-state index < -0.39 is 12.2 Å². The van der Waals surface area contributed by atoms with Crippen molar-refractivity contribution in [3.05, 3.63) is 27.4 Å². The molecular weight excluding hydrogens is 262 g/mol. The average molecular weight is 281 g/mol. The number of hydrogen-bond donors (Lipinski definition) is 3. The van der Waals surface area contributed by atoms with Crippen molar-refractivity contribution in [2.45, 2.75) is 38.9 Å². The van der Waals surface area contributed by atoms with Gasteiger partial charge in [0, 0.05) is 30.8 Å². The van der Waals surface area contributed by atoms with Crippen molar-refractivity contribution in [3.63, 3.8) is 0 Å². The van der Waals surface area contributed by atoms with Gasteiger partial charge in [0.05, 0.1) is 12.2 Å². The number of aliphatic hydroxyl groups excluding tert-OH is 2. The number of aryl methyl sites for hydroxylation is 2. The second-order valence-electron chi connectivity index (χ2n) is 5.15. The Hall–Kier alpha value is -1.73. The summed E-state index contributed by atoms with van der Waals surface area (Å²) in [6, 6.07) is 0. The zero-order valence-corrected chi connectivity index (χ0v) is 11.6. The van der Waals surface area contributed by atoms with Crippen molar-refractivity contribution in [1.29, 1.82) is 0 Å². The van der Waals surface area contributed by atoms with Crippen molar-refractivity contribution < 1.29 is 15.0 Å². The molecule has 110 valence electrons. The van der Waals surface area contributed by atoms with Crippen LogP contribution in [0.25, 0.3) is 0 Å². The van der Waals surface area contributed by atoms with Gasteiger partial charge in [0.15, 0.2) is 0 Å². The topological polar surface area (TPSA) is 107 Å². The average Bonchev–Trinajstić information content (AvgIpc) is 2.68. The van der Waals surface area contributed by atoms with Gasteiger partial charge in [-0.05, 0) is 20.3 Å². The first kappa shape index (κ1) is 14.7. The zero-order chi connectivity index (χ0) is 14.9. The molecule has 7 nitrogen and oxygen atoms in total. The molecule has 20 heavy (non-hydrogen) atoms. The third kappa shape index (κ3) is 3.05. The van der Waals surface area contributed by atoms with Gasteiger partial charge in [0.2, 0.25) is 5.91 Å². The number of amides is 1. The summed E-state index contributed by atoms with van der Waals surface area (Å²) in [6.45, 7) is 3.73. The maximum Gasteiger partial charge on any atom is 0.254 e. The highest BCUT2D eigenvalue weighted by atomic mass is 16.3. The van der Waals surface area contributed by atoms with E-state index >= 15 is 0 Å². The molecule has 2 atom stereocenters. The molecule has 0 spiro atoms. The van der Waals surface area contributed by atoms with E-state index in [2.05, 4.69) is 9.97 Å². The van der Waals surface area contributed by atoms with Crippen molar-refractivity contribution >= 4 is 5.91 Å². The Morgan fingerprint density at radius 2 is 1.95 bits per heavy atom. The molecular formula is C13H19N3O4. The number of β-amino-alcohol motifs (C(OH)–C–C–N with tert-alkyl or cyclic N) is 2. The number of aromatic nitrogens is 2. The fourth-order valence-electron chi connectivity index (χ4n) is 2.41. The molecule has 0 aromatic carbocycles. The van der Waals surface area contributed by atoms with Gasteiger partial charge in [0.1, 0.15) is 5.82 Å². The number of nitrogens with one attached hydrogen (secondary N) is 1. The van der Waals surface area contributed by atoms with Gasteiger partial charge >= 0.3 is 0 Å². The Kier molecular flexibility index (Phi) is 4.20. The number of likely N-dealkylation sites (tertiary alicyclic amines) is 1. The normalized spacial score (nSPS) is 22.3. The van der Waals surface area contributed by atoms with Crippen LogP contribution in [0.4, 0.5) is 0 Å². The van der Waals surface area contributed by atoms with Gasteiger partial charge in [-0.3, -0.25) is 9.59 Å². The van der Waals surface area contributed by atoms with Crippen LogP contribution in [0.1, 0.15) is 23.5 Å². The largest absolute Gasteiger partial charge is 0.388 e. The van der Waals surface area contributed by atoms with E-state index in [0.29, 0.717) is 23.5 Å². The number of H-pyrrole nitrogens is 1. The quantitative estimate of drug-likeness (QED) is 0.651. The number of carbonyl (C=O) groups excluding carboxylic acids is 1. The predicted octanol–water partition coefficient (Wildman–Crippen LogP) is -1.12. The van der Waals surface area contributed by atoms with Gasteiger partial charge in [0.25, 0.3) is 5.56 Å². The molecule has 1 saturated heterocycles. The Morgan fingerprint density at radius 3 is 2.50 bits per heavy atom. The van der Waals surface area contributed by atoms with Crippen LogP contribution in [-0.4, -0.2) is 56.3 Å². The highest BCUT2D eigenvalue weighted by Gasteiger charge is 2.32. The minimum atomic E-state index is -0.884. The number of nitrogens with zero attached hydrogens (tertiary/aromatic N) is 2. The molecule has 0 aliphatic carbocycles. The Bertz CT molecular complexity index is 559. The summed E-state index contributed by atoms with van der Waals surface area (Å²) in [6.07, 6.45) is -1.31. The molecule has 7 heteroatoms. The van der Waals surface area contributed by atoms with Crippen LogP contribution < -0.4 is 5.56 Å². The van der Waals surface area contributed by atoms with Crippen LogP contribution in [0.15, 0.2) is 4.79 Å². The van der Waals surface area contributed by atoms with E-state index in [1.807, 2.05) is 0 Å². The molecule has 2 rings (SSSR count). The molecule has 0 saturated carbocycles. The lowest BCUT2D eigenvalue weighted by Gasteiger charge is -2.15. The van der Waals surface area contributed by atoms with E-state index in [4.69, 9.17) is 0 Å². The van der Waals surface area contributed by atoms with Crippen LogP contribution in [0, 0.1) is 13.8 Å². The van der Waals surface area contributed by atoms with E-state index in [9.17, 15) is 19.8 Å². The van der Waals surface area contributed by atoms with Crippen LogP contribution in [0.5, 0.6) is 0 Å². The second-order valence-corrected chi connectivity index (χ2v) is 5.15. The van der Waals surface area contributed by atoms with Crippen LogP contribution in [-0.2, 0) is 11.2 Å². The number of rotatable bonds is 3. The van der Waals surface area contributed by atoms with Gasteiger partial charge in [-0.1, -0.05) is 0 Å². The van der Waals surface area contributed by atoms with Gasteiger partial charge in [-0.15, -0.1) is 0 Å². The highest BCUT2D eigenvalue weighted by Crippen LogP contribution is 2.12. The third-order valence-electron chi connectivity index (χ3n) is 3.54. The summed E-state index contributed by atoms with van der Waals surface area (Å²) in [7, 11) is 0. The molecule has 0 radical (unpaired) electrons. The molecule has 3 N–H and O–H groups in total. The summed E-state index contributed by atoms with van der Waals surface area (Å²) >= 11 is 0. The smallest absolute Gasteiger partial charge is 0.254 e. The SMILES string of the molecule is Cc1nc(C)c(CCC(=O)N2C[C@@H](O)[C@@H](O)C2)c(=O)[nH]1. The van der Waals surface area contributed by atoms with Crippen molar-refractivity contribution in [3.8, 4) is 0 Å². The molecule has 1 fully saturated rings. The van der Waals surface area contributed by atoms with Crippen LogP contribution in [0.2, 0.25) is 0 Å². The standard InChI is InChI=1S/C13H19N3O4/c1-7-9(13(20)15-8(2)14-7)3-4-12(19)16-5-10(17)11(18)6-16/h10-11,17-18H,3-6H2,1-2H3,(H,14,15,20)/t10-,11+. The summed E-state index contributed by atoms with van der Waals surface area (Å²) in [5.41, 5.74) is 0.911. The summed E-state index contributed by atoms with van der Waals surface area (Å²) in [5, 5.41) is 18.8. The highest BCUT2D eigenvalue weighted by molar-refractivity contribution is 5.77. The molecule has 1 amide bonds. The molecule has 1 aliphatic rings. The number of aromatic amines is 1. The third-order valence-corrected chi connectivity index (χ3v) is 3.54. The van der Waals surface area contributed by atoms with Crippen molar-refractivity contribution in [2.24, 2.45) is 0 Å².